The molecule has 1 aliphatic heterocycles. The van der Waals surface area contributed by atoms with Gasteiger partial charge in [-0.3, -0.25) is 0 Å². The summed E-state index contributed by atoms with van der Waals surface area (Å²) in [6.07, 6.45) is 2.33. The first kappa shape index (κ1) is 14.7. The summed E-state index contributed by atoms with van der Waals surface area (Å²) < 4.78 is 5.46. The van der Waals surface area contributed by atoms with Crippen LogP contribution in [0.15, 0.2) is 24.3 Å². The predicted molar refractivity (Wildman–Crippen MR) is 79.8 cm³/mol. The molecular formula is C16H24N2O2. The monoisotopic (exact) mass is 276 g/mol. The lowest BCUT2D eigenvalue weighted by Gasteiger charge is -2.30. The molecule has 0 aromatic heterocycles. The van der Waals surface area contributed by atoms with E-state index in [1.165, 1.54) is 6.42 Å². The highest BCUT2D eigenvalue weighted by Crippen LogP contribution is 2.16. The summed E-state index contributed by atoms with van der Waals surface area (Å²) in [6, 6.07) is 7.90. The van der Waals surface area contributed by atoms with Crippen molar-refractivity contribution in [2.75, 3.05) is 19.7 Å². The standard InChI is InChI=1S/C16H24N2O2/c1-3-20-15-8-4-7-14(10-15)11-17-16(19)18-9-5-6-13(2)12-18/h4,7-8,10,13H,3,5-6,9,11-12H2,1-2H3,(H,17,19). The van der Waals surface area contributed by atoms with Crippen molar-refractivity contribution in [1.82, 2.24) is 10.2 Å². The molecule has 2 rings (SSSR count). The number of likely N-dealkylation sites (tertiary alicyclic amines) is 1. The van der Waals surface area contributed by atoms with Crippen LogP contribution in [0.1, 0.15) is 32.3 Å². The number of hydrogen-bond donors (Lipinski definition) is 1. The number of nitrogens with zero attached hydrogens (tertiary/aromatic N) is 1. The zero-order valence-electron chi connectivity index (χ0n) is 12.4. The summed E-state index contributed by atoms with van der Waals surface area (Å²) in [5.74, 6) is 1.46. The molecule has 1 atom stereocenters. The van der Waals surface area contributed by atoms with Gasteiger partial charge in [-0.15, -0.1) is 0 Å². The molecule has 1 heterocycles. The van der Waals surface area contributed by atoms with Crippen LogP contribution in [0.4, 0.5) is 4.79 Å². The minimum atomic E-state index is 0.0402. The molecule has 4 nitrogen and oxygen atoms in total. The Hall–Kier alpha value is -1.71. The molecule has 0 saturated carbocycles. The predicted octanol–water partition coefficient (Wildman–Crippen LogP) is 3.03. The molecule has 1 N–H and O–H groups in total. The maximum absolute atomic E-state index is 12.1. The maximum atomic E-state index is 12.1. The number of nitrogens with one attached hydrogen (secondary N) is 1. The van der Waals surface area contributed by atoms with Crippen molar-refractivity contribution in [3.63, 3.8) is 0 Å². The van der Waals surface area contributed by atoms with Crippen molar-refractivity contribution in [2.45, 2.75) is 33.2 Å². The first-order chi connectivity index (χ1) is 9.69. The van der Waals surface area contributed by atoms with E-state index in [0.717, 1.165) is 30.8 Å². The Morgan fingerprint density at radius 2 is 2.35 bits per heavy atom. The van der Waals surface area contributed by atoms with Gasteiger partial charge in [-0.1, -0.05) is 19.1 Å². The third-order valence-electron chi connectivity index (χ3n) is 3.60. The second-order valence-electron chi connectivity index (χ2n) is 5.43. The lowest BCUT2D eigenvalue weighted by Crippen LogP contribution is -2.44. The summed E-state index contributed by atoms with van der Waals surface area (Å²) in [5.41, 5.74) is 1.06. The van der Waals surface area contributed by atoms with Crippen molar-refractivity contribution >= 4 is 6.03 Å². The van der Waals surface area contributed by atoms with Crippen molar-refractivity contribution in [2.24, 2.45) is 5.92 Å². The molecule has 1 unspecified atom stereocenters. The molecule has 20 heavy (non-hydrogen) atoms. The topological polar surface area (TPSA) is 41.6 Å². The van der Waals surface area contributed by atoms with E-state index < -0.39 is 0 Å². The van der Waals surface area contributed by atoms with E-state index in [9.17, 15) is 4.79 Å². The first-order valence-corrected chi connectivity index (χ1v) is 7.43. The van der Waals surface area contributed by atoms with E-state index in [2.05, 4.69) is 12.2 Å². The summed E-state index contributed by atoms with van der Waals surface area (Å²) in [4.78, 5) is 14.0. The lowest BCUT2D eigenvalue weighted by atomic mass is 10.0. The van der Waals surface area contributed by atoms with Gasteiger partial charge in [0.1, 0.15) is 5.75 Å². The Bertz CT molecular complexity index is 448. The van der Waals surface area contributed by atoms with Crippen LogP contribution in [0.5, 0.6) is 5.75 Å². The van der Waals surface area contributed by atoms with Gasteiger partial charge in [0, 0.05) is 19.6 Å². The number of urea groups is 1. The summed E-state index contributed by atoms with van der Waals surface area (Å²) in [6.45, 7) is 7.10. The van der Waals surface area contributed by atoms with Gasteiger partial charge in [0.15, 0.2) is 0 Å². The Labute approximate surface area is 121 Å². The number of carbonyl (C=O) groups excluding carboxylic acids is 1. The van der Waals surface area contributed by atoms with Gasteiger partial charge < -0.3 is 15.0 Å². The number of carbonyl (C=O) groups is 1. The minimum absolute atomic E-state index is 0.0402. The number of amides is 2. The summed E-state index contributed by atoms with van der Waals surface area (Å²) >= 11 is 0. The highest BCUT2D eigenvalue weighted by Gasteiger charge is 2.20. The SMILES string of the molecule is CCOc1cccc(CNC(=O)N2CCCC(C)C2)c1. The first-order valence-electron chi connectivity index (χ1n) is 7.43. The minimum Gasteiger partial charge on any atom is -0.494 e. The van der Waals surface area contributed by atoms with E-state index in [-0.39, 0.29) is 6.03 Å². The van der Waals surface area contributed by atoms with E-state index in [1.807, 2.05) is 36.1 Å². The molecule has 2 amide bonds. The van der Waals surface area contributed by atoms with Gasteiger partial charge in [0.2, 0.25) is 0 Å². The zero-order chi connectivity index (χ0) is 14.4. The van der Waals surface area contributed by atoms with Gasteiger partial charge in [-0.25, -0.2) is 4.79 Å². The Morgan fingerprint density at radius 3 is 3.10 bits per heavy atom. The smallest absolute Gasteiger partial charge is 0.317 e. The van der Waals surface area contributed by atoms with Gasteiger partial charge in [-0.2, -0.15) is 0 Å². The van der Waals surface area contributed by atoms with Crippen molar-refractivity contribution < 1.29 is 9.53 Å². The number of ether oxygens (including phenoxy) is 1. The molecule has 1 aromatic carbocycles. The average Bonchev–Trinajstić information content (AvgIpc) is 2.45. The van der Waals surface area contributed by atoms with Crippen LogP contribution in [-0.4, -0.2) is 30.6 Å². The molecular weight excluding hydrogens is 252 g/mol. The summed E-state index contributed by atoms with van der Waals surface area (Å²) in [7, 11) is 0. The zero-order valence-corrected chi connectivity index (χ0v) is 12.4. The second-order valence-corrected chi connectivity index (χ2v) is 5.43. The van der Waals surface area contributed by atoms with Crippen LogP contribution in [0.3, 0.4) is 0 Å². The maximum Gasteiger partial charge on any atom is 0.317 e. The molecule has 0 bridgehead atoms. The number of rotatable bonds is 4. The molecule has 110 valence electrons. The normalized spacial score (nSPS) is 18.7. The third kappa shape index (κ3) is 4.15. The van der Waals surface area contributed by atoms with Crippen LogP contribution in [0, 0.1) is 5.92 Å². The van der Waals surface area contributed by atoms with Gasteiger partial charge >= 0.3 is 6.03 Å². The molecule has 1 saturated heterocycles. The highest BCUT2D eigenvalue weighted by atomic mass is 16.5. The fourth-order valence-corrected chi connectivity index (χ4v) is 2.58. The molecule has 1 aromatic rings. The highest BCUT2D eigenvalue weighted by molar-refractivity contribution is 5.74. The Balaban J connectivity index is 1.85. The van der Waals surface area contributed by atoms with Crippen molar-refractivity contribution in [3.8, 4) is 5.75 Å². The van der Waals surface area contributed by atoms with Gasteiger partial charge in [0.05, 0.1) is 6.61 Å². The van der Waals surface area contributed by atoms with Crippen molar-refractivity contribution in [1.29, 1.82) is 0 Å². The molecule has 1 aliphatic rings. The third-order valence-corrected chi connectivity index (χ3v) is 3.60. The molecule has 0 spiro atoms. The van der Waals surface area contributed by atoms with E-state index >= 15 is 0 Å². The number of hydrogen-bond acceptors (Lipinski definition) is 2. The summed E-state index contributed by atoms with van der Waals surface area (Å²) in [5, 5.41) is 2.99. The lowest BCUT2D eigenvalue weighted by molar-refractivity contribution is 0.169. The van der Waals surface area contributed by atoms with Crippen LogP contribution >= 0.6 is 0 Å². The second kappa shape index (κ2) is 7.17. The van der Waals surface area contributed by atoms with Crippen LogP contribution in [-0.2, 0) is 6.54 Å². The number of piperidine rings is 1. The fraction of sp³-hybridized carbons (Fsp3) is 0.562. The van der Waals surface area contributed by atoms with Crippen LogP contribution < -0.4 is 10.1 Å². The van der Waals surface area contributed by atoms with E-state index in [0.29, 0.717) is 19.1 Å². The van der Waals surface area contributed by atoms with Crippen LogP contribution in [0.2, 0.25) is 0 Å². The van der Waals surface area contributed by atoms with E-state index in [1.54, 1.807) is 0 Å². The van der Waals surface area contributed by atoms with Gasteiger partial charge in [-0.05, 0) is 43.4 Å². The molecule has 4 heteroatoms. The molecule has 1 fully saturated rings. The van der Waals surface area contributed by atoms with Crippen LogP contribution in [0.25, 0.3) is 0 Å². The number of benzene rings is 1. The van der Waals surface area contributed by atoms with Crippen molar-refractivity contribution in [3.05, 3.63) is 29.8 Å². The largest absolute Gasteiger partial charge is 0.494 e. The van der Waals surface area contributed by atoms with E-state index in [4.69, 9.17) is 4.74 Å². The Kier molecular flexibility index (Phi) is 5.27. The molecule has 0 aliphatic carbocycles. The van der Waals surface area contributed by atoms with Gasteiger partial charge in [0.25, 0.3) is 0 Å². The average molecular weight is 276 g/mol. The Morgan fingerprint density at radius 1 is 1.50 bits per heavy atom. The quantitative estimate of drug-likeness (QED) is 0.918. The fourth-order valence-electron chi connectivity index (χ4n) is 2.58. The molecule has 0 radical (unpaired) electrons.